The van der Waals surface area contributed by atoms with Crippen LogP contribution in [0.15, 0.2) is 49.3 Å². The second kappa shape index (κ2) is 9.89. The molecule has 1 aliphatic rings. The zero-order valence-corrected chi connectivity index (χ0v) is 21.1. The Hall–Kier alpha value is -5.27. The number of nitrogens with zero attached hydrogens (tertiary/aromatic N) is 9. The number of benzene rings is 1. The SMILES string of the molecule is COc1cc(Oc2ccn3ncnc3c2)c(C)cc1Nc1ncnc2cnc(N3CCN(C(=O)O)CC3)nc12. The Kier molecular flexibility index (Phi) is 6.11. The molecule has 14 nitrogen and oxygen atoms in total. The van der Waals surface area contributed by atoms with Gasteiger partial charge in [0.25, 0.3) is 0 Å². The van der Waals surface area contributed by atoms with E-state index in [1.165, 1.54) is 17.6 Å². The zero-order chi connectivity index (χ0) is 26.9. The second-order valence-corrected chi connectivity index (χ2v) is 8.85. The first-order chi connectivity index (χ1) is 19.0. The van der Waals surface area contributed by atoms with Crippen molar-refractivity contribution in [2.75, 3.05) is 43.5 Å². The summed E-state index contributed by atoms with van der Waals surface area (Å²) in [5, 5.41) is 16.6. The van der Waals surface area contributed by atoms with Crippen molar-refractivity contribution in [1.29, 1.82) is 0 Å². The molecule has 0 radical (unpaired) electrons. The van der Waals surface area contributed by atoms with Crippen LogP contribution in [0.1, 0.15) is 5.56 Å². The van der Waals surface area contributed by atoms with Crippen molar-refractivity contribution in [3.8, 4) is 17.2 Å². The maximum atomic E-state index is 11.2. The molecule has 14 heteroatoms. The molecule has 0 atom stereocenters. The van der Waals surface area contributed by atoms with E-state index in [4.69, 9.17) is 14.5 Å². The zero-order valence-electron chi connectivity index (χ0n) is 21.1. The lowest BCUT2D eigenvalue weighted by molar-refractivity contribution is 0.142. The highest BCUT2D eigenvalue weighted by Gasteiger charge is 2.23. The molecule has 5 aromatic rings. The minimum Gasteiger partial charge on any atom is -0.494 e. The minimum atomic E-state index is -0.925. The number of methoxy groups -OCH3 is 1. The van der Waals surface area contributed by atoms with Crippen molar-refractivity contribution in [3.05, 3.63) is 54.9 Å². The van der Waals surface area contributed by atoms with Gasteiger partial charge in [-0.1, -0.05) is 0 Å². The Morgan fingerprint density at radius 2 is 1.87 bits per heavy atom. The van der Waals surface area contributed by atoms with Crippen LogP contribution in [0.4, 0.5) is 22.2 Å². The van der Waals surface area contributed by atoms with Crippen LogP contribution in [0.2, 0.25) is 0 Å². The summed E-state index contributed by atoms with van der Waals surface area (Å²) in [7, 11) is 1.58. The fourth-order valence-electron chi connectivity index (χ4n) is 4.35. The van der Waals surface area contributed by atoms with E-state index >= 15 is 0 Å². The third-order valence-corrected chi connectivity index (χ3v) is 6.43. The first-order valence-electron chi connectivity index (χ1n) is 12.1. The third kappa shape index (κ3) is 4.74. The van der Waals surface area contributed by atoms with Gasteiger partial charge in [-0.15, -0.1) is 0 Å². The summed E-state index contributed by atoms with van der Waals surface area (Å²) in [4.78, 5) is 36.7. The second-order valence-electron chi connectivity index (χ2n) is 8.85. The summed E-state index contributed by atoms with van der Waals surface area (Å²) >= 11 is 0. The van der Waals surface area contributed by atoms with Crippen molar-refractivity contribution in [1.82, 2.24) is 39.4 Å². The number of hydrogen-bond donors (Lipinski definition) is 2. The fraction of sp³-hybridized carbons (Fsp3) is 0.240. The number of carboxylic acid groups (broad SMARTS) is 1. The van der Waals surface area contributed by atoms with Crippen LogP contribution < -0.4 is 19.7 Å². The lowest BCUT2D eigenvalue weighted by Gasteiger charge is -2.33. The van der Waals surface area contributed by atoms with Crippen molar-refractivity contribution >= 4 is 40.2 Å². The van der Waals surface area contributed by atoms with Crippen LogP contribution >= 0.6 is 0 Å². The number of amides is 1. The molecule has 5 heterocycles. The maximum absolute atomic E-state index is 11.2. The van der Waals surface area contributed by atoms with Gasteiger partial charge in [0.1, 0.15) is 40.9 Å². The molecule has 6 rings (SSSR count). The smallest absolute Gasteiger partial charge is 0.407 e. The summed E-state index contributed by atoms with van der Waals surface area (Å²) in [5.41, 5.74) is 3.32. The summed E-state index contributed by atoms with van der Waals surface area (Å²) in [6.45, 7) is 3.68. The number of aryl methyl sites for hydroxylation is 1. The first-order valence-corrected chi connectivity index (χ1v) is 12.1. The Balaban J connectivity index is 1.27. The number of piperazine rings is 1. The number of pyridine rings is 1. The van der Waals surface area contributed by atoms with Crippen molar-refractivity contribution in [3.63, 3.8) is 0 Å². The molecule has 39 heavy (non-hydrogen) atoms. The normalized spacial score (nSPS) is 13.6. The molecule has 198 valence electrons. The number of nitrogens with one attached hydrogen (secondary N) is 1. The largest absolute Gasteiger partial charge is 0.494 e. The third-order valence-electron chi connectivity index (χ3n) is 6.43. The van der Waals surface area contributed by atoms with E-state index in [0.29, 0.717) is 77.6 Å². The van der Waals surface area contributed by atoms with Crippen LogP contribution in [0.25, 0.3) is 16.7 Å². The molecule has 1 amide bonds. The van der Waals surface area contributed by atoms with Crippen LogP contribution in [-0.4, -0.2) is 83.9 Å². The Labute approximate surface area is 221 Å². The van der Waals surface area contributed by atoms with Gasteiger partial charge in [-0.25, -0.2) is 34.2 Å². The minimum absolute atomic E-state index is 0.380. The lowest BCUT2D eigenvalue weighted by Crippen LogP contribution is -2.48. The summed E-state index contributed by atoms with van der Waals surface area (Å²) < 4.78 is 13.4. The number of aromatic nitrogens is 7. The molecule has 4 aromatic heterocycles. The molecule has 0 bridgehead atoms. The molecule has 0 aliphatic carbocycles. The summed E-state index contributed by atoms with van der Waals surface area (Å²) in [6.07, 6.45) is 5.42. The Morgan fingerprint density at radius 1 is 1.03 bits per heavy atom. The van der Waals surface area contributed by atoms with Gasteiger partial charge in [-0.05, 0) is 24.6 Å². The Morgan fingerprint density at radius 3 is 2.67 bits per heavy atom. The predicted molar refractivity (Wildman–Crippen MR) is 141 cm³/mol. The summed E-state index contributed by atoms with van der Waals surface area (Å²) in [6, 6.07) is 7.32. The molecule has 2 N–H and O–H groups in total. The number of rotatable bonds is 6. The molecular formula is C25H24N10O4. The highest BCUT2D eigenvalue weighted by molar-refractivity contribution is 5.88. The standard InChI is InChI=1S/C25H24N10O4/c1-15-9-17(20(38-2)11-19(15)39-16-3-4-35-21(10-16)28-14-30-35)31-23-22-18(27-13-29-23)12-26-24(32-22)33-5-7-34(8-6-33)25(36)37/h3-4,9-14H,5-8H2,1-2H3,(H,36,37)(H,27,29,31). The quantitative estimate of drug-likeness (QED) is 0.332. The topological polar surface area (TPSA) is 156 Å². The van der Waals surface area contributed by atoms with Crippen LogP contribution in [0.5, 0.6) is 17.2 Å². The number of hydrogen-bond acceptors (Lipinski definition) is 11. The maximum Gasteiger partial charge on any atom is 0.407 e. The van der Waals surface area contributed by atoms with E-state index in [1.807, 2.05) is 24.0 Å². The summed E-state index contributed by atoms with van der Waals surface area (Å²) in [5.74, 6) is 2.76. The highest BCUT2D eigenvalue weighted by Crippen LogP contribution is 2.37. The number of fused-ring (bicyclic) bond motifs is 2. The number of anilines is 3. The monoisotopic (exact) mass is 528 g/mol. The molecule has 1 aromatic carbocycles. The lowest BCUT2D eigenvalue weighted by atomic mass is 10.1. The average Bonchev–Trinajstić information content (AvgIpc) is 3.42. The van der Waals surface area contributed by atoms with Gasteiger partial charge >= 0.3 is 6.09 Å². The first kappa shape index (κ1) is 24.1. The predicted octanol–water partition coefficient (Wildman–Crippen LogP) is 3.12. The highest BCUT2D eigenvalue weighted by atomic mass is 16.5. The van der Waals surface area contributed by atoms with Crippen molar-refractivity contribution in [2.24, 2.45) is 0 Å². The van der Waals surface area contributed by atoms with Crippen LogP contribution in [-0.2, 0) is 0 Å². The van der Waals surface area contributed by atoms with Gasteiger partial charge in [0.2, 0.25) is 5.95 Å². The van der Waals surface area contributed by atoms with Crippen LogP contribution in [0.3, 0.4) is 0 Å². The molecule has 0 spiro atoms. The van der Waals surface area contributed by atoms with Gasteiger partial charge < -0.3 is 29.7 Å². The molecular weight excluding hydrogens is 504 g/mol. The van der Waals surface area contributed by atoms with Gasteiger partial charge in [-0.2, -0.15) is 5.10 Å². The van der Waals surface area contributed by atoms with Gasteiger partial charge in [0.15, 0.2) is 11.5 Å². The van der Waals surface area contributed by atoms with Gasteiger partial charge in [0, 0.05) is 44.5 Å². The number of carbonyl (C=O) groups is 1. The average molecular weight is 529 g/mol. The number of ether oxygens (including phenoxy) is 2. The molecule has 0 unspecified atom stereocenters. The molecule has 1 aliphatic heterocycles. The Bertz CT molecular complexity index is 1680. The molecule has 1 saturated heterocycles. The van der Waals surface area contributed by atoms with E-state index in [0.717, 1.165) is 5.56 Å². The van der Waals surface area contributed by atoms with Gasteiger partial charge in [-0.3, -0.25) is 0 Å². The van der Waals surface area contributed by atoms with E-state index in [1.54, 1.807) is 36.2 Å². The molecule has 1 fully saturated rings. The molecule has 0 saturated carbocycles. The van der Waals surface area contributed by atoms with Gasteiger partial charge in [0.05, 0.1) is 19.0 Å². The van der Waals surface area contributed by atoms with E-state index in [-0.39, 0.29) is 0 Å². The van der Waals surface area contributed by atoms with E-state index in [2.05, 4.69) is 30.4 Å². The van der Waals surface area contributed by atoms with E-state index in [9.17, 15) is 9.90 Å². The van der Waals surface area contributed by atoms with E-state index < -0.39 is 6.09 Å². The van der Waals surface area contributed by atoms with Crippen molar-refractivity contribution in [2.45, 2.75) is 6.92 Å². The fourth-order valence-corrected chi connectivity index (χ4v) is 4.35. The van der Waals surface area contributed by atoms with Crippen LogP contribution in [0, 0.1) is 6.92 Å². The van der Waals surface area contributed by atoms with Crippen molar-refractivity contribution < 1.29 is 19.4 Å².